The van der Waals surface area contributed by atoms with Crippen LogP contribution in [0.25, 0.3) is 17.0 Å². The third kappa shape index (κ3) is 3.39. The first-order valence-electron chi connectivity index (χ1n) is 9.09. The Bertz CT molecular complexity index is 1160. The van der Waals surface area contributed by atoms with E-state index >= 15 is 0 Å². The van der Waals surface area contributed by atoms with E-state index in [1.165, 1.54) is 23.3 Å². The predicted octanol–water partition coefficient (Wildman–Crippen LogP) is 5.39. The van der Waals surface area contributed by atoms with Crippen molar-refractivity contribution in [2.24, 2.45) is 7.05 Å². The summed E-state index contributed by atoms with van der Waals surface area (Å²) in [4.78, 5) is 4.08. The molecule has 0 spiro atoms. The number of halogens is 1. The average Bonchev–Trinajstić information content (AvgIpc) is 3.00. The Morgan fingerprint density at radius 2 is 1.89 bits per heavy atom. The number of nitrogens with zero attached hydrogens (tertiary/aromatic N) is 3. The van der Waals surface area contributed by atoms with Crippen LogP contribution in [-0.2, 0) is 13.5 Å². The highest BCUT2D eigenvalue weighted by atomic mass is 19.1. The Labute approximate surface area is 163 Å². The summed E-state index contributed by atoms with van der Waals surface area (Å²) in [6.07, 6.45) is 6.10. The lowest BCUT2D eigenvalue weighted by Crippen LogP contribution is -1.96. The van der Waals surface area contributed by atoms with Crippen LogP contribution in [0.15, 0.2) is 61.4 Å². The van der Waals surface area contributed by atoms with Crippen molar-refractivity contribution in [1.82, 2.24) is 14.8 Å². The second-order valence-electron chi connectivity index (χ2n) is 6.87. The van der Waals surface area contributed by atoms with Crippen LogP contribution in [0.5, 0.6) is 0 Å². The molecule has 0 radical (unpaired) electrons. The van der Waals surface area contributed by atoms with E-state index in [0.29, 0.717) is 5.56 Å². The van der Waals surface area contributed by atoms with Crippen LogP contribution in [0, 0.1) is 12.7 Å². The zero-order valence-electron chi connectivity index (χ0n) is 15.9. The second kappa shape index (κ2) is 7.27. The summed E-state index contributed by atoms with van der Waals surface area (Å²) in [6.45, 7) is 5.86. The van der Waals surface area contributed by atoms with Gasteiger partial charge in [-0.15, -0.1) is 0 Å². The molecule has 2 aromatic heterocycles. The van der Waals surface area contributed by atoms with Gasteiger partial charge < -0.3 is 5.32 Å². The van der Waals surface area contributed by atoms with E-state index < -0.39 is 0 Å². The molecular formula is C23H21FN4. The first kappa shape index (κ1) is 17.9. The number of nitrogens with one attached hydrogen (secondary N) is 1. The van der Waals surface area contributed by atoms with E-state index in [0.717, 1.165) is 34.4 Å². The summed E-state index contributed by atoms with van der Waals surface area (Å²) in [6, 6.07) is 13.0. The Balaban J connectivity index is 1.74. The number of anilines is 2. The number of pyridine rings is 1. The van der Waals surface area contributed by atoms with Crippen LogP contribution in [0.4, 0.5) is 15.9 Å². The van der Waals surface area contributed by atoms with Crippen molar-refractivity contribution in [3.05, 3.63) is 89.5 Å². The Hall–Kier alpha value is -3.47. The van der Waals surface area contributed by atoms with Gasteiger partial charge in [-0.1, -0.05) is 18.7 Å². The molecule has 4 rings (SSSR count). The Morgan fingerprint density at radius 3 is 2.64 bits per heavy atom. The van der Waals surface area contributed by atoms with Gasteiger partial charge in [0.15, 0.2) is 5.82 Å². The standard InChI is InChI=1S/C23H21FN4/c1-4-18-14-19(24)5-6-20(18)26-23-22-15(2)11-17(13-21(22)28(3)27-23)12-16-7-9-25-10-8-16/h4-11,13-14H,1,12H2,2-3H3,(H,26,27). The maximum Gasteiger partial charge on any atom is 0.160 e. The topological polar surface area (TPSA) is 42.7 Å². The fourth-order valence-corrected chi connectivity index (χ4v) is 3.53. The van der Waals surface area contributed by atoms with Gasteiger partial charge in [0, 0.05) is 36.1 Å². The van der Waals surface area contributed by atoms with Crippen molar-refractivity contribution in [1.29, 1.82) is 0 Å². The molecule has 0 aliphatic heterocycles. The van der Waals surface area contributed by atoms with Crippen LogP contribution in [0.3, 0.4) is 0 Å². The number of rotatable bonds is 5. The first-order chi connectivity index (χ1) is 13.5. The normalized spacial score (nSPS) is 11.0. The number of hydrogen-bond acceptors (Lipinski definition) is 3. The summed E-state index contributed by atoms with van der Waals surface area (Å²) in [5, 5.41) is 9.06. The lowest BCUT2D eigenvalue weighted by atomic mass is 10.0. The van der Waals surface area contributed by atoms with E-state index in [-0.39, 0.29) is 5.82 Å². The predicted molar refractivity (Wildman–Crippen MR) is 112 cm³/mol. The fourth-order valence-electron chi connectivity index (χ4n) is 3.53. The minimum atomic E-state index is -0.289. The molecule has 140 valence electrons. The van der Waals surface area contributed by atoms with Gasteiger partial charge in [-0.2, -0.15) is 5.10 Å². The van der Waals surface area contributed by atoms with E-state index in [4.69, 9.17) is 0 Å². The summed E-state index contributed by atoms with van der Waals surface area (Å²) in [5.41, 5.74) is 6.10. The fraction of sp³-hybridized carbons (Fsp3) is 0.130. The number of aromatic nitrogens is 3. The van der Waals surface area contributed by atoms with Gasteiger partial charge in [-0.05, 0) is 66.4 Å². The average molecular weight is 372 g/mol. The highest BCUT2D eigenvalue weighted by Gasteiger charge is 2.14. The molecule has 0 unspecified atom stereocenters. The van der Waals surface area contributed by atoms with Crippen LogP contribution < -0.4 is 5.32 Å². The molecule has 1 N–H and O–H groups in total. The molecule has 0 saturated heterocycles. The summed E-state index contributed by atoms with van der Waals surface area (Å²) in [5.74, 6) is 0.462. The highest BCUT2D eigenvalue weighted by Crippen LogP contribution is 2.31. The van der Waals surface area contributed by atoms with Gasteiger partial charge in [-0.3, -0.25) is 9.67 Å². The smallest absolute Gasteiger partial charge is 0.160 e. The number of fused-ring (bicyclic) bond motifs is 1. The van der Waals surface area contributed by atoms with Crippen molar-refractivity contribution < 1.29 is 4.39 Å². The minimum absolute atomic E-state index is 0.289. The van der Waals surface area contributed by atoms with E-state index in [1.807, 2.05) is 36.3 Å². The third-order valence-corrected chi connectivity index (χ3v) is 4.85. The van der Waals surface area contributed by atoms with Crippen molar-refractivity contribution in [3.8, 4) is 0 Å². The molecule has 0 amide bonds. The number of hydrogen-bond donors (Lipinski definition) is 1. The van der Waals surface area contributed by atoms with Gasteiger partial charge in [0.05, 0.1) is 5.52 Å². The maximum atomic E-state index is 13.5. The van der Waals surface area contributed by atoms with Crippen LogP contribution in [0.1, 0.15) is 22.3 Å². The van der Waals surface area contributed by atoms with Gasteiger partial charge in [0.25, 0.3) is 0 Å². The molecule has 28 heavy (non-hydrogen) atoms. The van der Waals surface area contributed by atoms with Crippen LogP contribution in [-0.4, -0.2) is 14.8 Å². The first-order valence-corrected chi connectivity index (χ1v) is 9.09. The second-order valence-corrected chi connectivity index (χ2v) is 6.87. The highest BCUT2D eigenvalue weighted by molar-refractivity contribution is 5.95. The van der Waals surface area contributed by atoms with Gasteiger partial charge in [0.1, 0.15) is 5.82 Å². The third-order valence-electron chi connectivity index (χ3n) is 4.85. The summed E-state index contributed by atoms with van der Waals surface area (Å²) in [7, 11) is 1.93. The zero-order chi connectivity index (χ0) is 19.7. The van der Waals surface area contributed by atoms with Crippen molar-refractivity contribution in [2.75, 3.05) is 5.32 Å². The summed E-state index contributed by atoms with van der Waals surface area (Å²) >= 11 is 0. The van der Waals surface area contributed by atoms with Crippen LogP contribution in [0.2, 0.25) is 0 Å². The molecular weight excluding hydrogens is 351 g/mol. The Morgan fingerprint density at radius 1 is 1.11 bits per heavy atom. The molecule has 0 aliphatic rings. The van der Waals surface area contributed by atoms with Crippen molar-refractivity contribution >= 4 is 28.5 Å². The maximum absolute atomic E-state index is 13.5. The Kier molecular flexibility index (Phi) is 4.65. The largest absolute Gasteiger partial charge is 0.338 e. The van der Waals surface area contributed by atoms with Crippen molar-refractivity contribution in [3.63, 3.8) is 0 Å². The van der Waals surface area contributed by atoms with Gasteiger partial charge >= 0.3 is 0 Å². The molecule has 4 nitrogen and oxygen atoms in total. The molecule has 4 aromatic rings. The molecule has 0 aliphatic carbocycles. The summed E-state index contributed by atoms with van der Waals surface area (Å²) < 4.78 is 15.4. The molecule has 0 saturated carbocycles. The number of benzene rings is 2. The molecule has 5 heteroatoms. The minimum Gasteiger partial charge on any atom is -0.338 e. The van der Waals surface area contributed by atoms with Crippen LogP contribution >= 0.6 is 0 Å². The van der Waals surface area contributed by atoms with E-state index in [1.54, 1.807) is 12.1 Å². The van der Waals surface area contributed by atoms with Gasteiger partial charge in [-0.25, -0.2) is 4.39 Å². The van der Waals surface area contributed by atoms with Crippen molar-refractivity contribution in [2.45, 2.75) is 13.3 Å². The van der Waals surface area contributed by atoms with Gasteiger partial charge in [0.2, 0.25) is 0 Å². The lowest BCUT2D eigenvalue weighted by Gasteiger charge is -2.09. The zero-order valence-corrected chi connectivity index (χ0v) is 15.9. The molecule has 0 fully saturated rings. The monoisotopic (exact) mass is 372 g/mol. The quantitative estimate of drug-likeness (QED) is 0.510. The SMILES string of the molecule is C=Cc1cc(F)ccc1Nc1nn(C)c2cc(Cc3ccncc3)cc(C)c12. The number of aryl methyl sites for hydroxylation is 2. The van der Waals surface area contributed by atoms with E-state index in [2.05, 4.69) is 41.0 Å². The molecule has 2 aromatic carbocycles. The molecule has 2 heterocycles. The molecule has 0 bridgehead atoms. The van der Waals surface area contributed by atoms with E-state index in [9.17, 15) is 4.39 Å². The lowest BCUT2D eigenvalue weighted by molar-refractivity contribution is 0.627. The molecule has 0 atom stereocenters.